The fourth-order valence-electron chi connectivity index (χ4n) is 3.47. The summed E-state index contributed by atoms with van der Waals surface area (Å²) in [7, 11) is 0. The third kappa shape index (κ3) is 16.9. The van der Waals surface area contributed by atoms with E-state index in [0.717, 1.165) is 0 Å². The highest BCUT2D eigenvalue weighted by Gasteiger charge is 2.84. The Morgan fingerprint density at radius 1 is 0.197 bits per heavy atom. The minimum atomic E-state index is -1.06. The minimum Gasteiger partial charge on any atom is -0.480 e. The summed E-state index contributed by atoms with van der Waals surface area (Å²) in [6.07, 6.45) is 0. The van der Waals surface area contributed by atoms with Crippen molar-refractivity contribution >= 4 is 887 Å². The van der Waals surface area contributed by atoms with Crippen LogP contribution in [0.3, 0.4) is 0 Å². The zero-order valence-corrected chi connectivity index (χ0v) is 110. The molecular formula is C20HI39O2. The predicted octanol–water partition coefficient (Wildman–Crippen LogP) is 30.2. The smallest absolute Gasteiger partial charge is 0.332 e. The third-order valence-electron chi connectivity index (χ3n) is 7.33. The van der Waals surface area contributed by atoms with Gasteiger partial charge >= 0.3 is 5.97 Å². The molecule has 0 saturated heterocycles. The molecule has 0 aliphatic rings. The lowest BCUT2D eigenvalue weighted by Crippen LogP contribution is -2.73. The molecule has 0 amide bonds. The highest BCUT2D eigenvalue weighted by molar-refractivity contribution is 14.3. The van der Waals surface area contributed by atoms with Gasteiger partial charge in [-0.3, -0.25) is 0 Å². The first-order chi connectivity index (χ1) is 25.4. The van der Waals surface area contributed by atoms with Gasteiger partial charge in [0.05, 0.1) is 0 Å². The molecule has 0 spiro atoms. The number of carboxylic acid groups (broad SMARTS) is 1. The molecule has 0 aromatic heterocycles. The van der Waals surface area contributed by atoms with Crippen molar-refractivity contribution in [3.63, 3.8) is 0 Å². The van der Waals surface area contributed by atoms with E-state index >= 15 is 0 Å². The maximum Gasteiger partial charge on any atom is 0.332 e. The summed E-state index contributed by atoms with van der Waals surface area (Å²) in [4.78, 5) is 12.8. The second-order valence-corrected chi connectivity index (χ2v) is 118. The van der Waals surface area contributed by atoms with E-state index in [1.165, 1.54) is 0 Å². The lowest BCUT2D eigenvalue weighted by molar-refractivity contribution is -0.136. The van der Waals surface area contributed by atoms with Gasteiger partial charge in [-0.2, -0.15) is 0 Å². The van der Waals surface area contributed by atoms with Crippen LogP contribution in [0.1, 0.15) is 0 Å². The van der Waals surface area contributed by atoms with Crippen LogP contribution in [0, 0.1) is 0 Å². The third-order valence-corrected chi connectivity index (χ3v) is 144. The number of rotatable bonds is 19. The average molecular weight is 5220 g/mol. The summed E-state index contributed by atoms with van der Waals surface area (Å²) in [5.74, 6) is -0.819. The Morgan fingerprint density at radius 2 is 0.295 bits per heavy atom. The Labute approximate surface area is 890 Å². The van der Waals surface area contributed by atoms with E-state index < -0.39 is 14.5 Å². The lowest BCUT2D eigenvalue weighted by Gasteiger charge is -2.63. The van der Waals surface area contributed by atoms with E-state index in [1.54, 1.807) is 0 Å². The average Bonchev–Trinajstić information content (AvgIpc) is 3.02. The highest BCUT2D eigenvalue weighted by atomic mass is 127. The molecule has 0 aromatic rings. The summed E-state index contributed by atoms with van der Waals surface area (Å²) in [6.45, 7) is 0. The van der Waals surface area contributed by atoms with Gasteiger partial charge in [-0.15, -0.1) is 0 Å². The summed E-state index contributed by atoms with van der Waals surface area (Å²) >= 11 is 106. The number of alkyl halides is 39. The molecule has 41 heteroatoms. The van der Waals surface area contributed by atoms with Crippen molar-refractivity contribution in [1.29, 1.82) is 0 Å². The molecule has 0 unspecified atom stereocenters. The van der Waals surface area contributed by atoms with Crippen LogP contribution in [0.5, 0.6) is 0 Å². The molecule has 0 heterocycles. The summed E-state index contributed by atoms with van der Waals surface area (Å²) in [5.41, 5.74) is 0. The van der Waals surface area contributed by atoms with E-state index in [4.69, 9.17) is 0 Å². The van der Waals surface area contributed by atoms with Gasteiger partial charge in [0.15, 0.2) is 1.43 Å². The van der Waals surface area contributed by atoms with Gasteiger partial charge in [-0.25, -0.2) is 4.79 Å². The number of hydrogen-bond acceptors (Lipinski definition) is 1. The van der Waals surface area contributed by atoms with Crippen LogP contribution in [-0.2, 0) is 4.79 Å². The van der Waals surface area contributed by atoms with Gasteiger partial charge in [0.1, 0.15) is 23.7 Å². The molecule has 0 saturated carbocycles. The molecule has 0 rings (SSSR count). The quantitative estimate of drug-likeness (QED) is 0.103. The first kappa shape index (κ1) is 88.9. The van der Waals surface area contributed by atoms with Crippen molar-refractivity contribution in [2.75, 3.05) is 0 Å². The minimum absolute atomic E-state index is 0.0297. The van der Waals surface area contributed by atoms with Gasteiger partial charge in [0.25, 0.3) is 0 Å². The van der Waals surface area contributed by atoms with Crippen molar-refractivity contribution in [1.82, 2.24) is 0 Å². The fraction of sp³-hybridized carbons (Fsp3) is 0.950. The van der Waals surface area contributed by atoms with Crippen molar-refractivity contribution in [2.24, 2.45) is 0 Å². The van der Waals surface area contributed by atoms with Gasteiger partial charge in [-0.1, -0.05) is 881 Å². The van der Waals surface area contributed by atoms with Crippen molar-refractivity contribution in [3.05, 3.63) is 0 Å². The van der Waals surface area contributed by atoms with E-state index in [0.29, 0.717) is 0 Å². The lowest BCUT2D eigenvalue weighted by atomic mass is 10.0. The topological polar surface area (TPSA) is 37.3 Å². The normalized spacial score (nSPS) is 17.2. The van der Waals surface area contributed by atoms with Gasteiger partial charge in [0.2, 0.25) is 0 Å². The number of hydrogen-bond donors (Lipinski definition) is 1. The maximum absolute atomic E-state index is 12.8. The van der Waals surface area contributed by atoms with Crippen molar-refractivity contribution in [2.45, 2.75) is 25.1 Å². The van der Waals surface area contributed by atoms with E-state index in [1.807, 2.05) is 0 Å². The van der Waals surface area contributed by atoms with Crippen molar-refractivity contribution < 1.29 is 9.90 Å². The van der Waals surface area contributed by atoms with Crippen LogP contribution in [0.15, 0.2) is 0 Å². The number of halogens is 39. The van der Waals surface area contributed by atoms with Gasteiger partial charge in [0, 0.05) is 0 Å². The molecule has 1 N–H and O–H groups in total. The monoisotopic (exact) mass is 5220 g/mol. The number of aliphatic carboxylic acids is 1. The SMILES string of the molecule is O=C(O)C(I)(I)C(I)(I)C(I)(I)C(I)(I)C(I)(I)C(I)(I)C(I)(I)C(I)(I)C(I)(I)C(I)(I)C(I)(I)C(I)(I)C(I)(I)C(I)(I)C(I)(I)C(I)(I)C(I)(I)C(I)(I)C(I)(I)I. The molecule has 0 fully saturated rings. The van der Waals surface area contributed by atoms with Crippen LogP contribution in [0.25, 0.3) is 0 Å². The first-order valence-electron chi connectivity index (χ1n) is 12.5. The Hall–Kier alpha value is 27.9. The number of carbonyl (C=O) groups is 1. The van der Waals surface area contributed by atoms with E-state index in [9.17, 15) is 9.90 Å². The molecule has 366 valence electrons. The molecule has 0 aliphatic heterocycles. The standard InChI is InChI=1S/C20HI39O2/c21-2(22,1(60)61)3(23,24)4(25,26)5(27,28)6(29,30)7(31,32)8(33,34)9(35,36)10(37,38)11(39,40)12(41,42)13(43,44)14(45,46)15(47,48)16(49,50)17(51,52)18(53,54)19(55,56)20(57,58)59/h(H,60,61). The fourth-order valence-corrected chi connectivity index (χ4v) is 68.0. The molecule has 61 heavy (non-hydrogen) atoms. The Balaban J connectivity index is 7.96. The van der Waals surface area contributed by atoms with Crippen LogP contribution in [0.4, 0.5) is 0 Å². The van der Waals surface area contributed by atoms with Crippen LogP contribution in [0.2, 0.25) is 0 Å². The molecular weight excluding hydrogens is 5220 g/mol. The van der Waals surface area contributed by atoms with E-state index in [2.05, 4.69) is 881 Å². The molecule has 0 aromatic carbocycles. The zero-order chi connectivity index (χ0) is 51.1. The summed E-state index contributed by atoms with van der Waals surface area (Å²) < 4.78 is -6.94. The molecule has 2 nitrogen and oxygen atoms in total. The molecule has 0 aliphatic carbocycles. The van der Waals surface area contributed by atoms with Gasteiger partial charge < -0.3 is 5.11 Å². The molecule has 0 radical (unpaired) electrons. The Kier molecular flexibility index (Phi) is 46.1. The zero-order valence-electron chi connectivity index (χ0n) is 25.6. The van der Waals surface area contributed by atoms with Crippen molar-refractivity contribution in [3.8, 4) is 0 Å². The number of carboxylic acids is 1. The van der Waals surface area contributed by atoms with Crippen LogP contribution in [-0.4, -0.2) is 36.2 Å². The van der Waals surface area contributed by atoms with Crippen LogP contribution < -0.4 is 0 Å². The van der Waals surface area contributed by atoms with Crippen LogP contribution >= 0.6 is 881 Å². The summed E-state index contributed by atoms with van der Waals surface area (Å²) in [6, 6.07) is 0. The second kappa shape index (κ2) is 31.6. The predicted molar refractivity (Wildman–Crippen MR) is 606 cm³/mol. The largest absolute Gasteiger partial charge is 0.480 e. The maximum atomic E-state index is 12.8. The highest BCUT2D eigenvalue weighted by Crippen LogP contribution is 2.86. The van der Waals surface area contributed by atoms with E-state index in [-0.39, 0.29) is 16.6 Å². The Morgan fingerprint density at radius 3 is 0.393 bits per heavy atom. The molecule has 0 bridgehead atoms. The second-order valence-electron chi connectivity index (χ2n) is 11.1. The summed E-state index contributed by atoms with van der Waals surface area (Å²) in [5, 5.41) is 10.5. The van der Waals surface area contributed by atoms with Gasteiger partial charge in [-0.05, 0) is 0 Å². The Bertz CT molecular complexity index is 1640. The molecule has 0 atom stereocenters. The first-order valence-corrected chi connectivity index (χ1v) is 54.6.